The van der Waals surface area contributed by atoms with Crippen molar-refractivity contribution in [2.24, 2.45) is 5.41 Å². The van der Waals surface area contributed by atoms with Gasteiger partial charge in [0, 0.05) is 5.56 Å². The van der Waals surface area contributed by atoms with E-state index >= 15 is 0 Å². The van der Waals surface area contributed by atoms with Crippen LogP contribution in [0.4, 0.5) is 8.78 Å². The molecule has 0 aliphatic heterocycles. The van der Waals surface area contributed by atoms with Crippen molar-refractivity contribution in [1.29, 1.82) is 0 Å². The molecular weight excluding hydrogens is 230 g/mol. The third-order valence-electron chi connectivity index (χ3n) is 2.57. The van der Waals surface area contributed by atoms with Gasteiger partial charge in [0.25, 0.3) is 0 Å². The van der Waals surface area contributed by atoms with Crippen molar-refractivity contribution in [1.82, 2.24) is 0 Å². The van der Waals surface area contributed by atoms with E-state index in [0.717, 1.165) is 6.07 Å². The molecule has 0 aromatic heterocycles. The number of hydrogen-bond acceptors (Lipinski definition) is 2. The minimum Gasteiger partial charge on any atom is -0.494 e. The maximum atomic E-state index is 13.8. The number of carboxylic acids is 1. The summed E-state index contributed by atoms with van der Waals surface area (Å²) in [7, 11) is 1.27. The summed E-state index contributed by atoms with van der Waals surface area (Å²) in [6.45, 7) is 2.82. The molecule has 0 bridgehead atoms. The van der Waals surface area contributed by atoms with Gasteiger partial charge >= 0.3 is 5.97 Å². The summed E-state index contributed by atoms with van der Waals surface area (Å²) < 4.78 is 32.0. The third-order valence-corrected chi connectivity index (χ3v) is 2.57. The maximum Gasteiger partial charge on any atom is 0.309 e. The monoisotopic (exact) mass is 244 g/mol. The average molecular weight is 244 g/mol. The van der Waals surface area contributed by atoms with Crippen molar-refractivity contribution < 1.29 is 23.4 Å². The number of hydrogen-bond donors (Lipinski definition) is 1. The summed E-state index contributed by atoms with van der Waals surface area (Å²) in [4.78, 5) is 10.9. The van der Waals surface area contributed by atoms with Crippen molar-refractivity contribution in [2.45, 2.75) is 20.3 Å². The van der Waals surface area contributed by atoms with Crippen LogP contribution in [0, 0.1) is 17.0 Å². The molecule has 3 nitrogen and oxygen atoms in total. The van der Waals surface area contributed by atoms with Crippen LogP contribution in [0.3, 0.4) is 0 Å². The van der Waals surface area contributed by atoms with E-state index in [1.165, 1.54) is 27.0 Å². The molecule has 0 aliphatic carbocycles. The van der Waals surface area contributed by atoms with Gasteiger partial charge < -0.3 is 9.84 Å². The Morgan fingerprint density at radius 3 is 2.47 bits per heavy atom. The minimum atomic E-state index is -1.24. The van der Waals surface area contributed by atoms with E-state index in [2.05, 4.69) is 0 Å². The van der Waals surface area contributed by atoms with Crippen molar-refractivity contribution in [3.05, 3.63) is 29.3 Å². The van der Waals surface area contributed by atoms with Crippen LogP contribution in [0.2, 0.25) is 0 Å². The standard InChI is InChI=1S/C12H14F2O3/c1-12(2,11(15)16)6-7-8(13)4-5-9(17-3)10(7)14/h4-5H,6H2,1-3H3,(H,15,16). The number of carbonyl (C=O) groups is 1. The molecule has 0 saturated carbocycles. The minimum absolute atomic E-state index is 0.0948. The Hall–Kier alpha value is -1.65. The largest absolute Gasteiger partial charge is 0.494 e. The van der Waals surface area contributed by atoms with Crippen LogP contribution in [0.25, 0.3) is 0 Å². The van der Waals surface area contributed by atoms with E-state index < -0.39 is 23.0 Å². The Kier molecular flexibility index (Phi) is 3.70. The summed E-state index contributed by atoms with van der Waals surface area (Å²) in [5, 5.41) is 8.93. The van der Waals surface area contributed by atoms with Gasteiger partial charge in [0.1, 0.15) is 5.82 Å². The number of rotatable bonds is 4. The van der Waals surface area contributed by atoms with E-state index in [1.807, 2.05) is 0 Å². The second-order valence-corrected chi connectivity index (χ2v) is 4.41. The number of methoxy groups -OCH3 is 1. The fourth-order valence-corrected chi connectivity index (χ4v) is 1.41. The lowest BCUT2D eigenvalue weighted by Gasteiger charge is -2.20. The molecule has 1 aromatic carbocycles. The lowest BCUT2D eigenvalue weighted by atomic mass is 9.85. The highest BCUT2D eigenvalue weighted by molar-refractivity contribution is 5.74. The summed E-state index contributed by atoms with van der Waals surface area (Å²) in [6.07, 6.45) is -0.239. The molecule has 0 fully saturated rings. The molecule has 0 spiro atoms. The maximum absolute atomic E-state index is 13.8. The molecule has 5 heteroatoms. The van der Waals surface area contributed by atoms with E-state index in [4.69, 9.17) is 9.84 Å². The molecule has 1 rings (SSSR count). The first kappa shape index (κ1) is 13.4. The predicted octanol–water partition coefficient (Wildman–Crippen LogP) is 2.63. The Balaban J connectivity index is 3.18. The Morgan fingerprint density at radius 2 is 2.00 bits per heavy atom. The van der Waals surface area contributed by atoms with Crippen LogP contribution in [0.5, 0.6) is 5.75 Å². The average Bonchev–Trinajstić information content (AvgIpc) is 2.24. The van der Waals surface area contributed by atoms with Crippen LogP contribution in [-0.2, 0) is 11.2 Å². The van der Waals surface area contributed by atoms with Crippen LogP contribution in [-0.4, -0.2) is 18.2 Å². The number of carboxylic acid groups (broad SMARTS) is 1. The topological polar surface area (TPSA) is 46.5 Å². The van der Waals surface area contributed by atoms with Crippen LogP contribution in [0.1, 0.15) is 19.4 Å². The molecule has 17 heavy (non-hydrogen) atoms. The zero-order chi connectivity index (χ0) is 13.2. The Labute approximate surface area is 98.0 Å². The van der Waals surface area contributed by atoms with Gasteiger partial charge in [-0.15, -0.1) is 0 Å². The summed E-state index contributed by atoms with van der Waals surface area (Å²) in [5.74, 6) is -2.82. The normalized spacial score (nSPS) is 11.4. The Bertz CT molecular complexity index is 442. The summed E-state index contributed by atoms with van der Waals surface area (Å²) in [5.41, 5.74) is -1.51. The SMILES string of the molecule is COc1ccc(F)c(CC(C)(C)C(=O)O)c1F. The van der Waals surface area contributed by atoms with Crippen molar-refractivity contribution >= 4 is 5.97 Å². The van der Waals surface area contributed by atoms with Gasteiger partial charge in [-0.25, -0.2) is 8.78 Å². The molecule has 1 N–H and O–H groups in total. The second-order valence-electron chi connectivity index (χ2n) is 4.41. The molecule has 0 aliphatic rings. The van der Waals surface area contributed by atoms with Crippen molar-refractivity contribution in [3.8, 4) is 5.75 Å². The predicted molar refractivity (Wildman–Crippen MR) is 58.0 cm³/mol. The fraction of sp³-hybridized carbons (Fsp3) is 0.417. The molecule has 94 valence electrons. The fourth-order valence-electron chi connectivity index (χ4n) is 1.41. The van der Waals surface area contributed by atoms with Gasteiger partial charge in [0.15, 0.2) is 11.6 Å². The number of ether oxygens (including phenoxy) is 1. The van der Waals surface area contributed by atoms with Gasteiger partial charge in [-0.1, -0.05) is 0 Å². The van der Waals surface area contributed by atoms with E-state index in [1.54, 1.807) is 0 Å². The lowest BCUT2D eigenvalue weighted by molar-refractivity contribution is -0.146. The molecule has 0 heterocycles. The molecule has 1 aromatic rings. The molecular formula is C12H14F2O3. The van der Waals surface area contributed by atoms with E-state index in [9.17, 15) is 13.6 Å². The molecule has 0 saturated heterocycles. The molecule has 0 amide bonds. The van der Waals surface area contributed by atoms with Gasteiger partial charge in [0.05, 0.1) is 12.5 Å². The van der Waals surface area contributed by atoms with Gasteiger partial charge in [0.2, 0.25) is 0 Å². The van der Waals surface area contributed by atoms with Crippen LogP contribution >= 0.6 is 0 Å². The molecule has 0 radical (unpaired) electrons. The number of benzene rings is 1. The van der Waals surface area contributed by atoms with E-state index in [0.29, 0.717) is 0 Å². The van der Waals surface area contributed by atoms with E-state index in [-0.39, 0.29) is 17.7 Å². The third kappa shape index (κ3) is 2.72. The molecule has 0 atom stereocenters. The molecule has 0 unspecified atom stereocenters. The second kappa shape index (κ2) is 4.69. The first-order valence-corrected chi connectivity index (χ1v) is 5.04. The summed E-state index contributed by atoms with van der Waals surface area (Å²) >= 11 is 0. The highest BCUT2D eigenvalue weighted by Gasteiger charge is 2.30. The first-order valence-electron chi connectivity index (χ1n) is 5.04. The van der Waals surface area contributed by atoms with Crippen molar-refractivity contribution in [3.63, 3.8) is 0 Å². The first-order chi connectivity index (χ1) is 7.79. The van der Waals surface area contributed by atoms with Gasteiger partial charge in [-0.05, 0) is 32.4 Å². The smallest absolute Gasteiger partial charge is 0.309 e. The zero-order valence-corrected chi connectivity index (χ0v) is 9.88. The van der Waals surface area contributed by atoms with Gasteiger partial charge in [-0.3, -0.25) is 4.79 Å². The number of halogens is 2. The quantitative estimate of drug-likeness (QED) is 0.885. The Morgan fingerprint density at radius 1 is 1.41 bits per heavy atom. The highest BCUT2D eigenvalue weighted by atomic mass is 19.1. The highest BCUT2D eigenvalue weighted by Crippen LogP contribution is 2.29. The summed E-state index contributed by atoms with van der Waals surface area (Å²) in [6, 6.07) is 2.23. The van der Waals surface area contributed by atoms with Crippen LogP contribution in [0.15, 0.2) is 12.1 Å². The van der Waals surface area contributed by atoms with Gasteiger partial charge in [-0.2, -0.15) is 0 Å². The lowest BCUT2D eigenvalue weighted by Crippen LogP contribution is -2.27. The number of aliphatic carboxylic acids is 1. The van der Waals surface area contributed by atoms with Crippen molar-refractivity contribution in [2.75, 3.05) is 7.11 Å². The zero-order valence-electron chi connectivity index (χ0n) is 9.88. The van der Waals surface area contributed by atoms with Crippen LogP contribution < -0.4 is 4.74 Å².